The van der Waals surface area contributed by atoms with E-state index in [0.29, 0.717) is 12.6 Å². The van der Waals surface area contributed by atoms with Crippen LogP contribution in [-0.4, -0.2) is 54.7 Å². The third-order valence-corrected chi connectivity index (χ3v) is 5.11. The molecule has 24 heavy (non-hydrogen) atoms. The maximum atomic E-state index is 12.4. The van der Waals surface area contributed by atoms with E-state index in [0.717, 1.165) is 56.9 Å². The lowest BCUT2D eigenvalue weighted by molar-refractivity contribution is 0.142. The predicted molar refractivity (Wildman–Crippen MR) is 95.2 cm³/mol. The van der Waals surface area contributed by atoms with Gasteiger partial charge in [-0.05, 0) is 38.3 Å². The molecule has 2 aliphatic rings. The number of carbonyl (C=O) groups is 1. The van der Waals surface area contributed by atoms with E-state index in [2.05, 4.69) is 17.1 Å². The van der Waals surface area contributed by atoms with Gasteiger partial charge in [0.2, 0.25) is 0 Å². The molecule has 1 heterocycles. The zero-order valence-corrected chi connectivity index (χ0v) is 14.7. The molecule has 1 aliphatic carbocycles. The number of likely N-dealkylation sites (N-methyl/N-ethyl adjacent to an activating group) is 1. The molecular weight excluding hydrogens is 302 g/mol. The number of benzene rings is 1. The number of para-hydroxylation sites is 1. The van der Waals surface area contributed by atoms with E-state index in [1.54, 1.807) is 0 Å². The lowest BCUT2D eigenvalue weighted by atomic mass is 10.2. The van der Waals surface area contributed by atoms with Gasteiger partial charge in [0.15, 0.2) is 0 Å². The number of ether oxygens (including phenoxy) is 1. The van der Waals surface area contributed by atoms with E-state index in [-0.39, 0.29) is 6.03 Å². The fourth-order valence-electron chi connectivity index (χ4n) is 3.50. The third-order valence-electron chi connectivity index (χ3n) is 5.11. The highest BCUT2D eigenvalue weighted by Gasteiger charge is 2.21. The Balaban J connectivity index is 1.51. The smallest absolute Gasteiger partial charge is 0.317 e. The number of nitrogens with zero attached hydrogens (tertiary/aromatic N) is 2. The van der Waals surface area contributed by atoms with Crippen LogP contribution in [0.4, 0.5) is 4.79 Å². The molecule has 5 heteroatoms. The largest absolute Gasteiger partial charge is 0.490 e. The van der Waals surface area contributed by atoms with Gasteiger partial charge in [-0.25, -0.2) is 4.79 Å². The van der Waals surface area contributed by atoms with Gasteiger partial charge in [-0.15, -0.1) is 0 Å². The van der Waals surface area contributed by atoms with E-state index in [1.807, 2.05) is 29.2 Å². The molecule has 0 atom stereocenters. The zero-order valence-electron chi connectivity index (χ0n) is 14.7. The topological polar surface area (TPSA) is 44.8 Å². The molecule has 1 saturated carbocycles. The minimum absolute atomic E-state index is 0.0291. The van der Waals surface area contributed by atoms with Crippen LogP contribution >= 0.6 is 0 Å². The molecule has 0 bridgehead atoms. The first-order valence-electron chi connectivity index (χ1n) is 9.26. The second-order valence-electron chi connectivity index (χ2n) is 6.71. The standard InChI is InChI=1S/C19H29N3O2/c1-2-21-11-13-22(14-12-21)19(23)20-15-16-7-3-6-10-18(16)24-17-8-4-5-9-17/h3,6-7,10,17H,2,4-5,8-9,11-15H2,1H3,(H,20,23). The fourth-order valence-corrected chi connectivity index (χ4v) is 3.50. The summed E-state index contributed by atoms with van der Waals surface area (Å²) in [6.07, 6.45) is 5.13. The summed E-state index contributed by atoms with van der Waals surface area (Å²) in [4.78, 5) is 16.7. The summed E-state index contributed by atoms with van der Waals surface area (Å²) in [6, 6.07) is 8.09. The monoisotopic (exact) mass is 331 g/mol. The minimum Gasteiger partial charge on any atom is -0.490 e. The molecule has 1 N–H and O–H groups in total. The summed E-state index contributed by atoms with van der Waals surface area (Å²) in [7, 11) is 0. The molecule has 3 rings (SSSR count). The summed E-state index contributed by atoms with van der Waals surface area (Å²) >= 11 is 0. The third kappa shape index (κ3) is 4.41. The molecule has 2 amide bonds. The number of piperazine rings is 1. The van der Waals surface area contributed by atoms with Gasteiger partial charge in [-0.2, -0.15) is 0 Å². The molecule has 0 aromatic heterocycles. The van der Waals surface area contributed by atoms with Crippen molar-refractivity contribution in [3.8, 4) is 5.75 Å². The molecule has 0 spiro atoms. The van der Waals surface area contributed by atoms with Crippen LogP contribution in [0.2, 0.25) is 0 Å². The van der Waals surface area contributed by atoms with Crippen molar-refractivity contribution < 1.29 is 9.53 Å². The Labute approximate surface area is 145 Å². The highest BCUT2D eigenvalue weighted by molar-refractivity contribution is 5.74. The van der Waals surface area contributed by atoms with E-state index in [9.17, 15) is 4.79 Å². The van der Waals surface area contributed by atoms with E-state index < -0.39 is 0 Å². The average Bonchev–Trinajstić information content (AvgIpc) is 3.14. The number of urea groups is 1. The Morgan fingerprint density at radius 3 is 2.58 bits per heavy atom. The van der Waals surface area contributed by atoms with Crippen LogP contribution in [0.1, 0.15) is 38.2 Å². The van der Waals surface area contributed by atoms with Crippen LogP contribution in [0, 0.1) is 0 Å². The first-order valence-corrected chi connectivity index (χ1v) is 9.26. The van der Waals surface area contributed by atoms with Crippen LogP contribution in [0.5, 0.6) is 5.75 Å². The Kier molecular flexibility index (Phi) is 5.96. The zero-order chi connectivity index (χ0) is 16.8. The van der Waals surface area contributed by atoms with E-state index >= 15 is 0 Å². The van der Waals surface area contributed by atoms with Gasteiger partial charge in [0.05, 0.1) is 6.10 Å². The molecule has 1 aromatic rings. The van der Waals surface area contributed by atoms with Crippen molar-refractivity contribution in [2.75, 3.05) is 32.7 Å². The van der Waals surface area contributed by atoms with Crippen molar-refractivity contribution in [2.45, 2.75) is 45.3 Å². The molecule has 0 radical (unpaired) electrons. The molecule has 5 nitrogen and oxygen atoms in total. The molecular formula is C19H29N3O2. The van der Waals surface area contributed by atoms with Crippen molar-refractivity contribution in [1.29, 1.82) is 0 Å². The highest BCUT2D eigenvalue weighted by atomic mass is 16.5. The van der Waals surface area contributed by atoms with Crippen LogP contribution in [0.3, 0.4) is 0 Å². The number of nitrogens with one attached hydrogen (secondary N) is 1. The maximum Gasteiger partial charge on any atom is 0.317 e. The lowest BCUT2D eigenvalue weighted by Gasteiger charge is -2.34. The molecule has 1 aromatic carbocycles. The number of hydrogen-bond donors (Lipinski definition) is 1. The van der Waals surface area contributed by atoms with Crippen molar-refractivity contribution >= 4 is 6.03 Å². The van der Waals surface area contributed by atoms with Crippen molar-refractivity contribution in [3.63, 3.8) is 0 Å². The lowest BCUT2D eigenvalue weighted by Crippen LogP contribution is -2.51. The summed E-state index contributed by atoms with van der Waals surface area (Å²) < 4.78 is 6.14. The van der Waals surface area contributed by atoms with Gasteiger partial charge in [0.1, 0.15) is 5.75 Å². The van der Waals surface area contributed by atoms with Gasteiger partial charge in [-0.3, -0.25) is 0 Å². The van der Waals surface area contributed by atoms with Crippen LogP contribution in [0.25, 0.3) is 0 Å². The minimum atomic E-state index is 0.0291. The number of amides is 2. The van der Waals surface area contributed by atoms with Gasteiger partial charge < -0.3 is 19.9 Å². The second-order valence-corrected chi connectivity index (χ2v) is 6.71. The number of rotatable bonds is 5. The first kappa shape index (κ1) is 17.1. The van der Waals surface area contributed by atoms with Crippen molar-refractivity contribution in [1.82, 2.24) is 15.1 Å². The van der Waals surface area contributed by atoms with E-state index in [1.165, 1.54) is 12.8 Å². The van der Waals surface area contributed by atoms with E-state index in [4.69, 9.17) is 4.74 Å². The predicted octanol–water partition coefficient (Wildman–Crippen LogP) is 2.86. The quantitative estimate of drug-likeness (QED) is 0.902. The Morgan fingerprint density at radius 2 is 1.88 bits per heavy atom. The summed E-state index contributed by atoms with van der Waals surface area (Å²) in [6.45, 7) is 7.28. The molecule has 132 valence electrons. The Bertz CT molecular complexity index is 535. The molecule has 1 saturated heterocycles. The summed E-state index contributed by atoms with van der Waals surface area (Å²) in [5.41, 5.74) is 1.06. The van der Waals surface area contributed by atoms with Crippen LogP contribution < -0.4 is 10.1 Å². The second kappa shape index (κ2) is 8.38. The normalized spacial score (nSPS) is 19.5. The van der Waals surface area contributed by atoms with Crippen molar-refractivity contribution in [3.05, 3.63) is 29.8 Å². The van der Waals surface area contributed by atoms with Crippen LogP contribution in [-0.2, 0) is 6.54 Å². The first-order chi connectivity index (χ1) is 11.8. The Morgan fingerprint density at radius 1 is 1.17 bits per heavy atom. The molecule has 2 fully saturated rings. The van der Waals surface area contributed by atoms with Gasteiger partial charge >= 0.3 is 6.03 Å². The SMILES string of the molecule is CCN1CCN(C(=O)NCc2ccccc2OC2CCCC2)CC1. The molecule has 0 unspecified atom stereocenters. The number of hydrogen-bond acceptors (Lipinski definition) is 3. The highest BCUT2D eigenvalue weighted by Crippen LogP contribution is 2.26. The van der Waals surface area contributed by atoms with Crippen molar-refractivity contribution in [2.24, 2.45) is 0 Å². The maximum absolute atomic E-state index is 12.4. The van der Waals surface area contributed by atoms with Gasteiger partial charge in [-0.1, -0.05) is 25.1 Å². The van der Waals surface area contributed by atoms with Crippen LogP contribution in [0.15, 0.2) is 24.3 Å². The number of carbonyl (C=O) groups excluding carboxylic acids is 1. The average molecular weight is 331 g/mol. The molecule has 1 aliphatic heterocycles. The van der Waals surface area contributed by atoms with Gasteiger partial charge in [0.25, 0.3) is 0 Å². The fraction of sp³-hybridized carbons (Fsp3) is 0.632. The summed E-state index contributed by atoms with van der Waals surface area (Å²) in [5.74, 6) is 0.917. The summed E-state index contributed by atoms with van der Waals surface area (Å²) in [5, 5.41) is 3.06. The Hall–Kier alpha value is -1.75. The van der Waals surface area contributed by atoms with Gasteiger partial charge in [0, 0.05) is 38.3 Å².